The van der Waals surface area contributed by atoms with Gasteiger partial charge in [0.2, 0.25) is 0 Å². The summed E-state index contributed by atoms with van der Waals surface area (Å²) in [4.78, 5) is 26.7. The molecule has 0 fully saturated rings. The van der Waals surface area contributed by atoms with Crippen LogP contribution in [0.25, 0.3) is 0 Å². The van der Waals surface area contributed by atoms with Gasteiger partial charge >= 0.3 is 5.97 Å². The largest absolute Gasteiger partial charge is 0.481 e. The molecule has 29 heavy (non-hydrogen) atoms. The number of anilines is 1. The molecule has 0 saturated heterocycles. The predicted octanol–water partition coefficient (Wildman–Crippen LogP) is 5.64. The van der Waals surface area contributed by atoms with Gasteiger partial charge in [0.1, 0.15) is 10.8 Å². The van der Waals surface area contributed by atoms with E-state index in [1.54, 1.807) is 31.2 Å². The van der Waals surface area contributed by atoms with Gasteiger partial charge in [-0.05, 0) is 62.8 Å². The van der Waals surface area contributed by atoms with Gasteiger partial charge in [0.15, 0.2) is 6.10 Å². The second-order valence-corrected chi connectivity index (χ2v) is 8.65. The molecule has 3 rings (SSSR count). The third-order valence-corrected chi connectivity index (χ3v) is 6.22. The van der Waals surface area contributed by atoms with Crippen molar-refractivity contribution >= 4 is 39.8 Å². The highest BCUT2D eigenvalue weighted by atomic mass is 35.5. The first-order chi connectivity index (χ1) is 14.0. The van der Waals surface area contributed by atoms with E-state index < -0.39 is 6.10 Å². The van der Waals surface area contributed by atoms with Crippen LogP contribution >= 0.6 is 22.9 Å². The average molecular weight is 436 g/mol. The van der Waals surface area contributed by atoms with E-state index in [0.29, 0.717) is 27.9 Å². The van der Waals surface area contributed by atoms with Crippen molar-refractivity contribution in [1.82, 2.24) is 0 Å². The van der Waals surface area contributed by atoms with Crippen molar-refractivity contribution in [3.63, 3.8) is 0 Å². The fraction of sp³-hybridized carbons (Fsp3) is 0.455. The number of carbonyl (C=O) groups excluding carboxylic acids is 2. The fourth-order valence-electron chi connectivity index (χ4n) is 3.33. The zero-order chi connectivity index (χ0) is 20.8. The highest BCUT2D eigenvalue weighted by Crippen LogP contribution is 2.38. The van der Waals surface area contributed by atoms with Crippen molar-refractivity contribution in [3.8, 4) is 5.75 Å². The van der Waals surface area contributed by atoms with Gasteiger partial charge in [-0.25, -0.2) is 4.79 Å². The van der Waals surface area contributed by atoms with Crippen LogP contribution < -0.4 is 10.1 Å². The maximum atomic E-state index is 12.8. The van der Waals surface area contributed by atoms with Crippen LogP contribution in [0.1, 0.15) is 60.3 Å². The summed E-state index contributed by atoms with van der Waals surface area (Å²) in [5.41, 5.74) is 1.55. The van der Waals surface area contributed by atoms with E-state index in [2.05, 4.69) is 5.32 Å². The van der Waals surface area contributed by atoms with E-state index in [9.17, 15) is 9.59 Å². The molecule has 0 spiro atoms. The molecule has 1 aliphatic rings. The molecule has 1 unspecified atom stereocenters. The molecule has 1 aliphatic carbocycles. The maximum Gasteiger partial charge on any atom is 0.341 e. The third kappa shape index (κ3) is 5.52. The molecule has 156 valence electrons. The Morgan fingerprint density at radius 3 is 2.79 bits per heavy atom. The van der Waals surface area contributed by atoms with Crippen LogP contribution in [-0.2, 0) is 22.4 Å². The Morgan fingerprint density at radius 1 is 1.24 bits per heavy atom. The Labute approximate surface area is 180 Å². The second kappa shape index (κ2) is 10.1. The zero-order valence-corrected chi connectivity index (χ0v) is 18.3. The number of hydrogen-bond donors (Lipinski definition) is 1. The topological polar surface area (TPSA) is 64.6 Å². The Kier molecular flexibility index (Phi) is 7.56. The highest BCUT2D eigenvalue weighted by Gasteiger charge is 2.28. The van der Waals surface area contributed by atoms with Crippen LogP contribution in [0, 0.1) is 0 Å². The molecule has 1 aromatic heterocycles. The van der Waals surface area contributed by atoms with Gasteiger partial charge in [0, 0.05) is 9.90 Å². The van der Waals surface area contributed by atoms with Crippen LogP contribution in [0.15, 0.2) is 24.3 Å². The summed E-state index contributed by atoms with van der Waals surface area (Å²) in [7, 11) is 0. The maximum absolute atomic E-state index is 12.8. The standard InChI is InChI=1S/C22H26ClNO4S/c1-3-12-27-22(26)19-17-10-5-4-6-11-18(17)29-21(19)24-20(25)14(2)28-16-9-7-8-15(23)13-16/h7-9,13-14H,3-6,10-12H2,1-2H3,(H,24,25). The number of hydrogen-bond acceptors (Lipinski definition) is 5. The van der Waals surface area contributed by atoms with Gasteiger partial charge in [0.25, 0.3) is 5.91 Å². The highest BCUT2D eigenvalue weighted by molar-refractivity contribution is 7.17. The minimum absolute atomic E-state index is 0.314. The Hall–Kier alpha value is -2.05. The first-order valence-electron chi connectivity index (χ1n) is 10.0. The number of aryl methyl sites for hydroxylation is 1. The molecule has 5 nitrogen and oxygen atoms in total. The molecular weight excluding hydrogens is 410 g/mol. The molecule has 0 saturated carbocycles. The van der Waals surface area contributed by atoms with E-state index in [1.165, 1.54) is 16.2 Å². The van der Waals surface area contributed by atoms with Crippen molar-refractivity contribution in [2.75, 3.05) is 11.9 Å². The van der Waals surface area contributed by atoms with E-state index in [1.807, 2.05) is 6.92 Å². The number of benzene rings is 1. The number of carbonyl (C=O) groups is 2. The first kappa shape index (κ1) is 21.7. The number of fused-ring (bicyclic) bond motifs is 1. The number of thiophene rings is 1. The smallest absolute Gasteiger partial charge is 0.341 e. The van der Waals surface area contributed by atoms with Gasteiger partial charge in [-0.1, -0.05) is 31.0 Å². The fourth-order valence-corrected chi connectivity index (χ4v) is 4.79. The molecule has 2 aromatic rings. The lowest BCUT2D eigenvalue weighted by Crippen LogP contribution is -2.30. The Bertz CT molecular complexity index is 880. The first-order valence-corrected chi connectivity index (χ1v) is 11.2. The van der Waals surface area contributed by atoms with Crippen molar-refractivity contribution in [2.45, 2.75) is 58.5 Å². The van der Waals surface area contributed by atoms with Crippen molar-refractivity contribution in [1.29, 1.82) is 0 Å². The summed E-state index contributed by atoms with van der Waals surface area (Å²) >= 11 is 7.46. The molecular formula is C22H26ClNO4S. The lowest BCUT2D eigenvalue weighted by atomic mass is 10.1. The lowest BCUT2D eigenvalue weighted by molar-refractivity contribution is -0.122. The molecule has 1 N–H and O–H groups in total. The number of amides is 1. The molecule has 1 heterocycles. The summed E-state index contributed by atoms with van der Waals surface area (Å²) in [6.07, 6.45) is 5.07. The van der Waals surface area contributed by atoms with Gasteiger partial charge in [0.05, 0.1) is 12.2 Å². The summed E-state index contributed by atoms with van der Waals surface area (Å²) in [6, 6.07) is 6.91. The summed E-state index contributed by atoms with van der Waals surface area (Å²) in [5, 5.41) is 4.00. The Balaban J connectivity index is 1.79. The van der Waals surface area contributed by atoms with Crippen LogP contribution in [0.2, 0.25) is 5.02 Å². The zero-order valence-electron chi connectivity index (χ0n) is 16.8. The predicted molar refractivity (Wildman–Crippen MR) is 116 cm³/mol. The van der Waals surface area contributed by atoms with Gasteiger partial charge < -0.3 is 14.8 Å². The molecule has 7 heteroatoms. The summed E-state index contributed by atoms with van der Waals surface area (Å²) in [5.74, 6) is -0.152. The Morgan fingerprint density at radius 2 is 2.03 bits per heavy atom. The van der Waals surface area contributed by atoms with Crippen LogP contribution in [0.4, 0.5) is 5.00 Å². The van der Waals surface area contributed by atoms with Crippen molar-refractivity contribution < 1.29 is 19.1 Å². The van der Waals surface area contributed by atoms with Gasteiger partial charge in [-0.2, -0.15) is 0 Å². The number of rotatable bonds is 7. The molecule has 1 aromatic carbocycles. The second-order valence-electron chi connectivity index (χ2n) is 7.11. The lowest BCUT2D eigenvalue weighted by Gasteiger charge is -2.15. The normalized spacial score (nSPS) is 14.4. The van der Waals surface area contributed by atoms with E-state index >= 15 is 0 Å². The minimum atomic E-state index is -0.741. The molecule has 0 aliphatic heterocycles. The van der Waals surface area contributed by atoms with E-state index in [0.717, 1.165) is 44.1 Å². The van der Waals surface area contributed by atoms with Crippen LogP contribution in [0.3, 0.4) is 0 Å². The van der Waals surface area contributed by atoms with Crippen LogP contribution in [-0.4, -0.2) is 24.6 Å². The average Bonchev–Trinajstić information content (AvgIpc) is 2.86. The summed E-state index contributed by atoms with van der Waals surface area (Å²) < 4.78 is 11.1. The third-order valence-electron chi connectivity index (χ3n) is 4.78. The van der Waals surface area contributed by atoms with Crippen molar-refractivity contribution in [3.05, 3.63) is 45.3 Å². The van der Waals surface area contributed by atoms with Gasteiger partial charge in [-0.15, -0.1) is 11.3 Å². The van der Waals surface area contributed by atoms with E-state index in [-0.39, 0.29) is 11.9 Å². The van der Waals surface area contributed by atoms with Gasteiger partial charge in [-0.3, -0.25) is 4.79 Å². The molecule has 1 amide bonds. The van der Waals surface area contributed by atoms with Crippen molar-refractivity contribution in [2.24, 2.45) is 0 Å². The molecule has 0 bridgehead atoms. The SMILES string of the molecule is CCCOC(=O)c1c(NC(=O)C(C)Oc2cccc(Cl)c2)sc2c1CCCCC2. The molecule has 0 radical (unpaired) electrons. The number of halogens is 1. The monoisotopic (exact) mass is 435 g/mol. The van der Waals surface area contributed by atoms with Crippen LogP contribution in [0.5, 0.6) is 5.75 Å². The quantitative estimate of drug-likeness (QED) is 0.451. The molecule has 1 atom stereocenters. The number of ether oxygens (including phenoxy) is 2. The number of nitrogens with one attached hydrogen (secondary N) is 1. The minimum Gasteiger partial charge on any atom is -0.481 e. The summed E-state index contributed by atoms with van der Waals surface area (Å²) in [6.45, 7) is 3.99. The van der Waals surface area contributed by atoms with E-state index in [4.69, 9.17) is 21.1 Å². The number of esters is 1.